The smallest absolute Gasteiger partial charge is 0.308 e. The fraction of sp³-hybridized carbons (Fsp3) is 0.619. The van der Waals surface area contributed by atoms with Gasteiger partial charge >= 0.3 is 5.97 Å². The van der Waals surface area contributed by atoms with E-state index in [0.29, 0.717) is 17.2 Å². The quantitative estimate of drug-likeness (QED) is 0.267. The second-order valence-corrected chi connectivity index (χ2v) is 8.81. The van der Waals surface area contributed by atoms with Crippen LogP contribution in [0.3, 0.4) is 0 Å². The molecule has 2 saturated carbocycles. The normalized spacial score (nSPS) is 26.9. The minimum Gasteiger partial charge on any atom is -0.469 e. The molecule has 0 aromatic carbocycles. The van der Waals surface area contributed by atoms with E-state index < -0.39 is 0 Å². The molecular weight excluding hydrogens is 485 g/mol. The minimum atomic E-state index is -0.0491. The van der Waals surface area contributed by atoms with E-state index in [1.807, 2.05) is 29.1 Å². The average molecular weight is 515 g/mol. The van der Waals surface area contributed by atoms with Crippen LogP contribution in [0.1, 0.15) is 50.0 Å². The third-order valence-electron chi connectivity index (χ3n) is 5.96. The highest BCUT2D eigenvalue weighted by molar-refractivity contribution is 14.1. The number of rotatable bonds is 5. The van der Waals surface area contributed by atoms with Crippen molar-refractivity contribution < 1.29 is 9.53 Å². The number of methoxy groups -OCH3 is 1. The molecule has 0 bridgehead atoms. The van der Waals surface area contributed by atoms with Crippen LogP contribution in [0.2, 0.25) is 0 Å². The van der Waals surface area contributed by atoms with Crippen LogP contribution in [0, 0.1) is 5.92 Å². The molecule has 5 nitrogen and oxygen atoms in total. The number of fused-ring (bicyclic) bond motifs is 1. The highest BCUT2D eigenvalue weighted by Crippen LogP contribution is 2.39. The molecule has 0 saturated heterocycles. The number of carbonyl (C=O) groups is 1. The molecule has 1 N–H and O–H groups in total. The lowest BCUT2D eigenvalue weighted by Gasteiger charge is -2.35. The molecule has 28 heavy (non-hydrogen) atoms. The monoisotopic (exact) mass is 515 g/mol. The molecule has 2 aliphatic carbocycles. The predicted molar refractivity (Wildman–Crippen MR) is 125 cm³/mol. The molecule has 0 spiro atoms. The summed E-state index contributed by atoms with van der Waals surface area (Å²) in [7, 11) is 3.56. The molecule has 154 valence electrons. The maximum Gasteiger partial charge on any atom is 0.308 e. The van der Waals surface area contributed by atoms with Gasteiger partial charge in [0.15, 0.2) is 0 Å². The lowest BCUT2D eigenvalue weighted by molar-refractivity contribution is -0.148. The van der Waals surface area contributed by atoms with Crippen molar-refractivity contribution in [3.63, 3.8) is 0 Å². The molecule has 0 aliphatic heterocycles. The minimum absolute atomic E-state index is 0.0491. The third-order valence-corrected chi connectivity index (χ3v) is 7.15. The van der Waals surface area contributed by atoms with E-state index in [1.54, 1.807) is 0 Å². The molecule has 0 radical (unpaired) electrons. The lowest BCUT2D eigenvalue weighted by Crippen LogP contribution is -2.37. The van der Waals surface area contributed by atoms with E-state index in [0.717, 1.165) is 18.5 Å². The largest absolute Gasteiger partial charge is 0.469 e. The highest BCUT2D eigenvalue weighted by Gasteiger charge is 2.36. The van der Waals surface area contributed by atoms with E-state index in [1.165, 1.54) is 43.7 Å². The molecule has 7 heteroatoms. The number of aromatic nitrogens is 2. The first-order chi connectivity index (χ1) is 13.7. The first kappa shape index (κ1) is 21.9. The summed E-state index contributed by atoms with van der Waals surface area (Å²) in [5.74, 6) is 0.709. The van der Waals surface area contributed by atoms with Gasteiger partial charge in [-0.3, -0.25) is 9.52 Å². The number of nitrogens with zero attached hydrogens (tertiary/aromatic N) is 2. The Bertz CT molecular complexity index is 783. The molecule has 2 heterocycles. The molecule has 0 amide bonds. The van der Waals surface area contributed by atoms with Crippen LogP contribution in [0.5, 0.6) is 0 Å². The number of aryl methyl sites for hydroxylation is 1. The molecule has 4 rings (SSSR count). The van der Waals surface area contributed by atoms with Crippen molar-refractivity contribution >= 4 is 51.5 Å². The number of ether oxygens (including phenoxy) is 1. The van der Waals surface area contributed by atoms with Crippen LogP contribution in [-0.2, 0) is 16.6 Å². The van der Waals surface area contributed by atoms with Gasteiger partial charge in [0.2, 0.25) is 0 Å². The maximum absolute atomic E-state index is 11.5. The Balaban J connectivity index is 0.00000109. The molecule has 2 aromatic heterocycles. The Morgan fingerprint density at radius 3 is 2.68 bits per heavy atom. The van der Waals surface area contributed by atoms with Gasteiger partial charge in [0, 0.05) is 36.1 Å². The summed E-state index contributed by atoms with van der Waals surface area (Å²) in [6, 6.07) is 4.82. The van der Waals surface area contributed by atoms with Crippen LogP contribution in [0.4, 0.5) is 0 Å². The Morgan fingerprint density at radius 2 is 2.00 bits per heavy atom. The van der Waals surface area contributed by atoms with Crippen LogP contribution in [-0.4, -0.2) is 38.9 Å². The first-order valence-corrected chi connectivity index (χ1v) is 13.0. The van der Waals surface area contributed by atoms with Gasteiger partial charge in [-0.15, -0.1) is 0 Å². The number of nitrogens with one attached hydrogen (secondary N) is 1. The standard InChI is InChI=1S/C20H27N3O2S.CH3I/c1-23-12-18(17-4-3-9-21-19(17)23)13-5-7-15(8-6-13)22-26-16-10-14(11-16)20(24)25-2;1-2/h3-4,9,12-16,22H,5-8,10-11H2,1-2H3;1H3. The topological polar surface area (TPSA) is 56.1 Å². The predicted octanol–water partition coefficient (Wildman–Crippen LogP) is 4.84. The number of esters is 1. The number of hydrogen-bond acceptors (Lipinski definition) is 5. The summed E-state index contributed by atoms with van der Waals surface area (Å²) in [5.41, 5.74) is 2.55. The zero-order valence-electron chi connectivity index (χ0n) is 16.9. The van der Waals surface area contributed by atoms with E-state index in [-0.39, 0.29) is 11.9 Å². The van der Waals surface area contributed by atoms with Crippen molar-refractivity contribution in [3.8, 4) is 0 Å². The van der Waals surface area contributed by atoms with Crippen LogP contribution in [0.25, 0.3) is 11.0 Å². The summed E-state index contributed by atoms with van der Waals surface area (Å²) in [4.78, 5) is 17.9. The van der Waals surface area contributed by atoms with Crippen LogP contribution >= 0.6 is 34.5 Å². The van der Waals surface area contributed by atoms with Gasteiger partial charge in [0.05, 0.1) is 13.0 Å². The first-order valence-electron chi connectivity index (χ1n) is 9.92. The number of alkyl halides is 1. The molecule has 0 unspecified atom stereocenters. The second kappa shape index (κ2) is 10.3. The molecule has 2 aliphatic rings. The molecule has 2 aromatic rings. The Labute approximate surface area is 185 Å². The summed E-state index contributed by atoms with van der Waals surface area (Å²) < 4.78 is 10.6. The Morgan fingerprint density at radius 1 is 1.29 bits per heavy atom. The van der Waals surface area contributed by atoms with Gasteiger partial charge in [-0.05, 0) is 67.1 Å². The van der Waals surface area contributed by atoms with E-state index in [2.05, 4.69) is 56.2 Å². The fourth-order valence-corrected chi connectivity index (χ4v) is 5.58. The zero-order chi connectivity index (χ0) is 20.1. The van der Waals surface area contributed by atoms with Crippen LogP contribution < -0.4 is 4.72 Å². The Hall–Kier alpha value is -0.800. The summed E-state index contributed by atoms with van der Waals surface area (Å²) >= 11 is 3.98. The van der Waals surface area contributed by atoms with Gasteiger partial charge in [0.1, 0.15) is 5.65 Å². The Kier molecular flexibility index (Phi) is 8.05. The number of pyridine rings is 1. The molecule has 2 fully saturated rings. The van der Waals surface area contributed by atoms with Gasteiger partial charge in [-0.25, -0.2) is 4.98 Å². The van der Waals surface area contributed by atoms with E-state index in [4.69, 9.17) is 4.74 Å². The summed E-state index contributed by atoms with van der Waals surface area (Å²) in [6.07, 6.45) is 10.9. The van der Waals surface area contributed by atoms with Gasteiger partial charge < -0.3 is 9.30 Å². The number of hydrogen-bond donors (Lipinski definition) is 1. The highest BCUT2D eigenvalue weighted by atomic mass is 127. The number of carbonyl (C=O) groups excluding carboxylic acids is 1. The molecular formula is C21H30IN3O2S. The number of halogens is 1. The van der Waals surface area contributed by atoms with Crippen molar-refractivity contribution in [2.24, 2.45) is 13.0 Å². The van der Waals surface area contributed by atoms with Gasteiger partial charge in [-0.1, -0.05) is 34.5 Å². The van der Waals surface area contributed by atoms with Crippen LogP contribution in [0.15, 0.2) is 24.5 Å². The molecule has 0 atom stereocenters. The van der Waals surface area contributed by atoms with Crippen molar-refractivity contribution in [1.29, 1.82) is 0 Å². The zero-order valence-corrected chi connectivity index (χ0v) is 19.8. The van der Waals surface area contributed by atoms with Crippen molar-refractivity contribution in [2.45, 2.75) is 55.7 Å². The fourth-order valence-electron chi connectivity index (χ4n) is 4.30. The lowest BCUT2D eigenvalue weighted by atomic mass is 9.82. The summed E-state index contributed by atoms with van der Waals surface area (Å²) in [6.45, 7) is 0. The van der Waals surface area contributed by atoms with Crippen molar-refractivity contribution in [1.82, 2.24) is 14.3 Å². The second-order valence-electron chi connectivity index (χ2n) is 7.67. The average Bonchev–Trinajstić information content (AvgIpc) is 3.05. The van der Waals surface area contributed by atoms with E-state index >= 15 is 0 Å². The van der Waals surface area contributed by atoms with Gasteiger partial charge in [0.25, 0.3) is 0 Å². The third kappa shape index (κ3) is 4.84. The van der Waals surface area contributed by atoms with Crippen molar-refractivity contribution in [2.75, 3.05) is 12.0 Å². The maximum atomic E-state index is 11.5. The van der Waals surface area contributed by atoms with Crippen molar-refractivity contribution in [3.05, 3.63) is 30.1 Å². The van der Waals surface area contributed by atoms with Gasteiger partial charge in [-0.2, -0.15) is 0 Å². The summed E-state index contributed by atoms with van der Waals surface area (Å²) in [5, 5.41) is 1.87. The van der Waals surface area contributed by atoms with E-state index in [9.17, 15) is 4.79 Å². The SMILES string of the molecule is CI.COC(=O)C1CC(SNC2CCC(c3cn(C)c4ncccc34)CC2)C1.